The number of nitrogens with one attached hydrogen (secondary N) is 1. The first-order valence-electron chi connectivity index (χ1n) is 10.9. The number of carbonyl (C=O) groups excluding carboxylic acids is 2. The summed E-state index contributed by atoms with van der Waals surface area (Å²) >= 11 is 2.36. The van der Waals surface area contributed by atoms with Gasteiger partial charge in [0.05, 0.1) is 31.6 Å². The Kier molecular flexibility index (Phi) is 9.58. The number of esters is 2. The minimum Gasteiger partial charge on any atom is -0.497 e. The molecule has 0 saturated carbocycles. The third-order valence-corrected chi connectivity index (χ3v) is 6.98. The van der Waals surface area contributed by atoms with Crippen LogP contribution in [-0.2, 0) is 14.2 Å². The van der Waals surface area contributed by atoms with Gasteiger partial charge in [0.2, 0.25) is 0 Å². The number of rotatable bonds is 11. The highest BCUT2D eigenvalue weighted by Gasteiger charge is 2.26. The smallest absolute Gasteiger partial charge is 0.348 e. The summed E-state index contributed by atoms with van der Waals surface area (Å²) in [5, 5.41) is 15.5. The summed E-state index contributed by atoms with van der Waals surface area (Å²) in [5.74, 6) is -0.442. The van der Waals surface area contributed by atoms with Gasteiger partial charge in [0, 0.05) is 24.3 Å². The third kappa shape index (κ3) is 6.28. The van der Waals surface area contributed by atoms with Gasteiger partial charge in [0.15, 0.2) is 0 Å². The first kappa shape index (κ1) is 26.9. The summed E-state index contributed by atoms with van der Waals surface area (Å²) in [6, 6.07) is 9.60. The Balaban J connectivity index is 1.90. The zero-order valence-corrected chi connectivity index (χ0v) is 21.9. The van der Waals surface area contributed by atoms with E-state index in [1.54, 1.807) is 21.0 Å². The highest BCUT2D eigenvalue weighted by atomic mass is 32.1. The summed E-state index contributed by atoms with van der Waals surface area (Å²) in [5.41, 5.74) is 2.47. The maximum absolute atomic E-state index is 12.6. The lowest BCUT2D eigenvalue weighted by Gasteiger charge is -2.05. The molecule has 188 valence electrons. The van der Waals surface area contributed by atoms with Gasteiger partial charge in [-0.15, -0.1) is 22.7 Å². The standard InChI is InChI=1S/C25H25N3O6S2/c1-5-33-24(29)20-15(2)21(25(30)34-10-9-31-3)36-23(20)27-13-17(12-26)22-28-19(14-35-22)16-7-6-8-18(11-16)32-4/h6-8,11,13-14,27H,5,9-10H2,1-4H3/b17-13-. The number of nitriles is 1. The number of anilines is 1. The Labute approximate surface area is 216 Å². The lowest BCUT2D eigenvalue weighted by molar-refractivity contribution is 0.0393. The van der Waals surface area contributed by atoms with E-state index in [0.717, 1.165) is 16.9 Å². The molecule has 9 nitrogen and oxygen atoms in total. The molecule has 0 unspecified atom stereocenters. The number of ether oxygens (including phenoxy) is 4. The zero-order chi connectivity index (χ0) is 26.1. The highest BCUT2D eigenvalue weighted by Crippen LogP contribution is 2.35. The summed E-state index contributed by atoms with van der Waals surface area (Å²) in [4.78, 5) is 30.0. The van der Waals surface area contributed by atoms with Crippen molar-refractivity contribution in [1.29, 1.82) is 5.26 Å². The molecule has 1 aromatic carbocycles. The predicted octanol–water partition coefficient (Wildman–Crippen LogP) is 5.15. The summed E-state index contributed by atoms with van der Waals surface area (Å²) in [7, 11) is 3.10. The van der Waals surface area contributed by atoms with Crippen molar-refractivity contribution >= 4 is 45.2 Å². The molecule has 0 aliphatic heterocycles. The number of allylic oxidation sites excluding steroid dienone is 1. The molecule has 11 heteroatoms. The quantitative estimate of drug-likeness (QED) is 0.205. The lowest BCUT2D eigenvalue weighted by Crippen LogP contribution is -2.11. The molecule has 36 heavy (non-hydrogen) atoms. The van der Waals surface area contributed by atoms with Crippen molar-refractivity contribution in [2.75, 3.05) is 39.4 Å². The van der Waals surface area contributed by atoms with Gasteiger partial charge in [-0.2, -0.15) is 5.26 Å². The Bertz CT molecular complexity index is 1310. The van der Waals surface area contributed by atoms with Gasteiger partial charge in [-0.05, 0) is 31.5 Å². The Morgan fingerprint density at radius 3 is 2.69 bits per heavy atom. The second-order valence-electron chi connectivity index (χ2n) is 7.19. The van der Waals surface area contributed by atoms with Crippen molar-refractivity contribution in [3.05, 3.63) is 56.9 Å². The van der Waals surface area contributed by atoms with Gasteiger partial charge in [-0.1, -0.05) is 12.1 Å². The number of thiazole rings is 1. The van der Waals surface area contributed by atoms with E-state index in [-0.39, 0.29) is 35.8 Å². The van der Waals surface area contributed by atoms with E-state index in [1.807, 2.05) is 29.6 Å². The molecule has 0 fully saturated rings. The predicted molar refractivity (Wildman–Crippen MR) is 138 cm³/mol. The van der Waals surface area contributed by atoms with Crippen LogP contribution in [0.15, 0.2) is 35.8 Å². The van der Waals surface area contributed by atoms with Crippen LogP contribution in [0.4, 0.5) is 5.00 Å². The molecule has 0 bridgehead atoms. The van der Waals surface area contributed by atoms with Gasteiger partial charge in [-0.25, -0.2) is 14.6 Å². The SMILES string of the molecule is CCOC(=O)c1c(N/C=C(/C#N)c2nc(-c3cccc(OC)c3)cs2)sc(C(=O)OCCOC)c1C. The van der Waals surface area contributed by atoms with E-state index >= 15 is 0 Å². The van der Waals surface area contributed by atoms with Crippen LogP contribution in [0.2, 0.25) is 0 Å². The maximum Gasteiger partial charge on any atom is 0.348 e. The van der Waals surface area contributed by atoms with E-state index < -0.39 is 11.9 Å². The van der Waals surface area contributed by atoms with Crippen molar-refractivity contribution in [2.45, 2.75) is 13.8 Å². The normalized spacial score (nSPS) is 11.0. The third-order valence-electron chi connectivity index (χ3n) is 4.90. The Hall–Kier alpha value is -3.72. The van der Waals surface area contributed by atoms with Crippen molar-refractivity contribution in [1.82, 2.24) is 4.98 Å². The van der Waals surface area contributed by atoms with Crippen LogP contribution in [0.1, 0.15) is 37.5 Å². The molecule has 3 rings (SSSR count). The lowest BCUT2D eigenvalue weighted by atomic mass is 10.1. The van der Waals surface area contributed by atoms with Crippen LogP contribution in [-0.4, -0.2) is 51.0 Å². The molecule has 0 aliphatic rings. The van der Waals surface area contributed by atoms with E-state index in [0.29, 0.717) is 27.0 Å². The molecular weight excluding hydrogens is 502 g/mol. The van der Waals surface area contributed by atoms with Crippen LogP contribution in [0.3, 0.4) is 0 Å². The minimum atomic E-state index is -0.578. The van der Waals surface area contributed by atoms with E-state index in [2.05, 4.69) is 16.4 Å². The fourth-order valence-electron chi connectivity index (χ4n) is 3.13. The number of benzene rings is 1. The fraction of sp³-hybridized carbons (Fsp3) is 0.280. The van der Waals surface area contributed by atoms with Gasteiger partial charge >= 0.3 is 11.9 Å². The first-order valence-corrected chi connectivity index (χ1v) is 12.6. The maximum atomic E-state index is 12.6. The van der Waals surface area contributed by atoms with Gasteiger partial charge in [-0.3, -0.25) is 0 Å². The number of hydrogen-bond donors (Lipinski definition) is 1. The van der Waals surface area contributed by atoms with Crippen molar-refractivity contribution in [3.63, 3.8) is 0 Å². The topological polar surface area (TPSA) is 120 Å². The van der Waals surface area contributed by atoms with E-state index in [9.17, 15) is 14.9 Å². The summed E-state index contributed by atoms with van der Waals surface area (Å²) in [6.07, 6.45) is 1.46. The number of carbonyl (C=O) groups is 2. The molecule has 0 aliphatic carbocycles. The van der Waals surface area contributed by atoms with Crippen LogP contribution in [0.25, 0.3) is 16.8 Å². The Morgan fingerprint density at radius 2 is 2.00 bits per heavy atom. The number of hydrogen-bond acceptors (Lipinski definition) is 11. The fourth-order valence-corrected chi connectivity index (χ4v) is 4.99. The first-order chi connectivity index (χ1) is 17.4. The molecule has 0 amide bonds. The largest absolute Gasteiger partial charge is 0.497 e. The van der Waals surface area contributed by atoms with Crippen molar-refractivity contribution < 1.29 is 28.5 Å². The van der Waals surface area contributed by atoms with Crippen LogP contribution >= 0.6 is 22.7 Å². The molecule has 0 spiro atoms. The number of aromatic nitrogens is 1. The molecule has 1 N–H and O–H groups in total. The van der Waals surface area contributed by atoms with Crippen molar-refractivity contribution in [3.8, 4) is 23.1 Å². The monoisotopic (exact) mass is 527 g/mol. The number of nitrogens with zero attached hydrogens (tertiary/aromatic N) is 2. The second kappa shape index (κ2) is 12.8. The molecular formula is C25H25N3O6S2. The summed E-state index contributed by atoms with van der Waals surface area (Å²) < 4.78 is 20.6. The number of methoxy groups -OCH3 is 2. The average Bonchev–Trinajstić information content (AvgIpc) is 3.50. The van der Waals surface area contributed by atoms with E-state index in [4.69, 9.17) is 18.9 Å². The number of thiophene rings is 1. The van der Waals surface area contributed by atoms with Crippen molar-refractivity contribution in [2.24, 2.45) is 0 Å². The summed E-state index contributed by atoms with van der Waals surface area (Å²) in [6.45, 7) is 3.86. The molecule has 2 aromatic heterocycles. The van der Waals surface area contributed by atoms with Gasteiger partial charge < -0.3 is 24.3 Å². The highest BCUT2D eigenvalue weighted by molar-refractivity contribution is 7.18. The van der Waals surface area contributed by atoms with Crippen LogP contribution < -0.4 is 10.1 Å². The van der Waals surface area contributed by atoms with Gasteiger partial charge in [0.1, 0.15) is 38.9 Å². The second-order valence-corrected chi connectivity index (χ2v) is 9.07. The molecule has 3 aromatic rings. The zero-order valence-electron chi connectivity index (χ0n) is 20.2. The molecule has 0 radical (unpaired) electrons. The van der Waals surface area contributed by atoms with Crippen LogP contribution in [0.5, 0.6) is 5.75 Å². The van der Waals surface area contributed by atoms with E-state index in [1.165, 1.54) is 24.6 Å². The molecule has 0 atom stereocenters. The molecule has 2 heterocycles. The Morgan fingerprint density at radius 1 is 1.19 bits per heavy atom. The minimum absolute atomic E-state index is 0.0856. The average molecular weight is 528 g/mol. The van der Waals surface area contributed by atoms with Gasteiger partial charge in [0.25, 0.3) is 0 Å². The van der Waals surface area contributed by atoms with Crippen LogP contribution in [0, 0.1) is 18.3 Å². The molecule has 0 saturated heterocycles.